The maximum Gasteiger partial charge on any atom is 0.287 e. The highest BCUT2D eigenvalue weighted by molar-refractivity contribution is 9.09. The molecule has 1 N–H and O–H groups in total. The SMILES string of the molecule is Cc1ccc(C(=O)NCC2CCC(Br)CC2)o1. The summed E-state index contributed by atoms with van der Waals surface area (Å²) in [6.07, 6.45) is 4.79. The first-order valence-corrected chi connectivity index (χ1v) is 7.05. The van der Waals surface area contributed by atoms with Crippen molar-refractivity contribution < 1.29 is 9.21 Å². The Bertz CT molecular complexity index is 381. The predicted molar refractivity (Wildman–Crippen MR) is 70.5 cm³/mol. The highest BCUT2D eigenvalue weighted by Gasteiger charge is 2.20. The average Bonchev–Trinajstić information content (AvgIpc) is 2.75. The fourth-order valence-electron chi connectivity index (χ4n) is 2.21. The number of alkyl halides is 1. The summed E-state index contributed by atoms with van der Waals surface area (Å²) in [6, 6.07) is 3.53. The van der Waals surface area contributed by atoms with E-state index in [4.69, 9.17) is 4.42 Å². The van der Waals surface area contributed by atoms with Gasteiger partial charge in [0.1, 0.15) is 5.76 Å². The summed E-state index contributed by atoms with van der Waals surface area (Å²) in [6.45, 7) is 2.60. The summed E-state index contributed by atoms with van der Waals surface area (Å²) >= 11 is 3.63. The zero-order valence-electron chi connectivity index (χ0n) is 10.0. The van der Waals surface area contributed by atoms with Crippen LogP contribution in [0.5, 0.6) is 0 Å². The van der Waals surface area contributed by atoms with Gasteiger partial charge in [-0.25, -0.2) is 0 Å². The third-order valence-corrected chi connectivity index (χ3v) is 4.21. The van der Waals surface area contributed by atoms with Gasteiger partial charge < -0.3 is 9.73 Å². The minimum Gasteiger partial charge on any atom is -0.456 e. The molecule has 1 saturated carbocycles. The molecule has 4 heteroatoms. The van der Waals surface area contributed by atoms with E-state index in [1.54, 1.807) is 6.07 Å². The zero-order valence-corrected chi connectivity index (χ0v) is 11.6. The molecule has 0 atom stereocenters. The normalized spacial score (nSPS) is 24.6. The van der Waals surface area contributed by atoms with Gasteiger partial charge in [0, 0.05) is 11.4 Å². The second kappa shape index (κ2) is 5.71. The molecule has 17 heavy (non-hydrogen) atoms. The van der Waals surface area contributed by atoms with E-state index in [1.165, 1.54) is 25.7 Å². The van der Waals surface area contributed by atoms with Crippen molar-refractivity contribution in [2.45, 2.75) is 37.4 Å². The Morgan fingerprint density at radius 1 is 1.41 bits per heavy atom. The monoisotopic (exact) mass is 299 g/mol. The molecule has 0 saturated heterocycles. The molecule has 0 spiro atoms. The second-order valence-electron chi connectivity index (χ2n) is 4.74. The number of hydrogen-bond acceptors (Lipinski definition) is 2. The van der Waals surface area contributed by atoms with E-state index in [1.807, 2.05) is 13.0 Å². The number of carbonyl (C=O) groups is 1. The molecule has 0 bridgehead atoms. The van der Waals surface area contributed by atoms with E-state index in [-0.39, 0.29) is 5.91 Å². The number of rotatable bonds is 3. The van der Waals surface area contributed by atoms with Gasteiger partial charge in [-0.15, -0.1) is 0 Å². The lowest BCUT2D eigenvalue weighted by Crippen LogP contribution is -2.31. The van der Waals surface area contributed by atoms with Crippen molar-refractivity contribution >= 4 is 21.8 Å². The minimum atomic E-state index is -0.0981. The van der Waals surface area contributed by atoms with Crippen LogP contribution >= 0.6 is 15.9 Å². The molecule has 1 aromatic heterocycles. The van der Waals surface area contributed by atoms with Crippen LogP contribution < -0.4 is 5.32 Å². The van der Waals surface area contributed by atoms with Crippen LogP contribution in [-0.2, 0) is 0 Å². The molecule has 1 heterocycles. The Balaban J connectivity index is 1.76. The first kappa shape index (κ1) is 12.7. The maximum absolute atomic E-state index is 11.8. The first-order valence-electron chi connectivity index (χ1n) is 6.14. The molecular weight excluding hydrogens is 282 g/mol. The molecule has 94 valence electrons. The van der Waals surface area contributed by atoms with Gasteiger partial charge in [-0.1, -0.05) is 15.9 Å². The van der Waals surface area contributed by atoms with Crippen LogP contribution in [0.25, 0.3) is 0 Å². The standard InChI is InChI=1S/C13H18BrNO2/c1-9-2-7-12(17-9)13(16)15-8-10-3-5-11(14)6-4-10/h2,7,10-11H,3-6,8H2,1H3,(H,15,16). The van der Waals surface area contributed by atoms with Crippen LogP contribution in [0.4, 0.5) is 0 Å². The molecule has 1 fully saturated rings. The number of aryl methyl sites for hydroxylation is 1. The highest BCUT2D eigenvalue weighted by atomic mass is 79.9. The molecule has 0 radical (unpaired) electrons. The number of amides is 1. The number of furan rings is 1. The Morgan fingerprint density at radius 2 is 2.12 bits per heavy atom. The third-order valence-electron chi connectivity index (χ3n) is 3.29. The van der Waals surface area contributed by atoms with E-state index in [0.29, 0.717) is 16.5 Å². The van der Waals surface area contributed by atoms with Gasteiger partial charge in [-0.2, -0.15) is 0 Å². The third kappa shape index (κ3) is 3.60. The average molecular weight is 300 g/mol. The summed E-state index contributed by atoms with van der Waals surface area (Å²) in [5.41, 5.74) is 0. The molecular formula is C13H18BrNO2. The summed E-state index contributed by atoms with van der Waals surface area (Å²) in [7, 11) is 0. The lowest BCUT2D eigenvalue weighted by molar-refractivity contribution is 0.0915. The smallest absolute Gasteiger partial charge is 0.287 e. The van der Waals surface area contributed by atoms with Crippen molar-refractivity contribution in [2.75, 3.05) is 6.54 Å². The lowest BCUT2D eigenvalue weighted by atomic mass is 9.89. The van der Waals surface area contributed by atoms with Gasteiger partial charge >= 0.3 is 0 Å². The second-order valence-corrected chi connectivity index (χ2v) is 6.03. The Morgan fingerprint density at radius 3 is 2.71 bits per heavy atom. The summed E-state index contributed by atoms with van der Waals surface area (Å²) < 4.78 is 5.28. The Labute approximate surface area is 110 Å². The molecule has 2 rings (SSSR count). The van der Waals surface area contributed by atoms with E-state index in [0.717, 1.165) is 12.3 Å². The number of carbonyl (C=O) groups excluding carboxylic acids is 1. The fourth-order valence-corrected chi connectivity index (χ4v) is 2.74. The molecule has 0 unspecified atom stereocenters. The van der Waals surface area contributed by atoms with Crippen molar-refractivity contribution in [3.05, 3.63) is 23.7 Å². The van der Waals surface area contributed by atoms with Crippen molar-refractivity contribution in [1.29, 1.82) is 0 Å². The van der Waals surface area contributed by atoms with Crippen molar-refractivity contribution in [2.24, 2.45) is 5.92 Å². The summed E-state index contributed by atoms with van der Waals surface area (Å²) in [5, 5.41) is 2.95. The van der Waals surface area contributed by atoms with Crippen molar-refractivity contribution in [3.8, 4) is 0 Å². The predicted octanol–water partition coefficient (Wildman–Crippen LogP) is 3.27. The van der Waals surface area contributed by atoms with Crippen LogP contribution in [0.3, 0.4) is 0 Å². The van der Waals surface area contributed by atoms with E-state index in [9.17, 15) is 4.79 Å². The maximum atomic E-state index is 11.8. The largest absolute Gasteiger partial charge is 0.456 e. The van der Waals surface area contributed by atoms with Crippen LogP contribution in [0.15, 0.2) is 16.5 Å². The van der Waals surface area contributed by atoms with Gasteiger partial charge in [0.2, 0.25) is 0 Å². The van der Waals surface area contributed by atoms with E-state index in [2.05, 4.69) is 21.2 Å². The van der Waals surface area contributed by atoms with Crippen LogP contribution in [0.1, 0.15) is 42.0 Å². The number of halogens is 1. The minimum absolute atomic E-state index is 0.0981. The summed E-state index contributed by atoms with van der Waals surface area (Å²) in [4.78, 5) is 12.4. The van der Waals surface area contributed by atoms with Crippen LogP contribution in [0, 0.1) is 12.8 Å². The molecule has 0 aromatic carbocycles. The molecule has 1 aliphatic rings. The van der Waals surface area contributed by atoms with Crippen molar-refractivity contribution in [3.63, 3.8) is 0 Å². The Hall–Kier alpha value is -0.770. The van der Waals surface area contributed by atoms with E-state index < -0.39 is 0 Å². The Kier molecular flexibility index (Phi) is 4.26. The number of hydrogen-bond donors (Lipinski definition) is 1. The molecule has 1 amide bonds. The quantitative estimate of drug-likeness (QED) is 0.871. The van der Waals surface area contributed by atoms with Gasteiger partial charge in [0.15, 0.2) is 5.76 Å². The van der Waals surface area contributed by atoms with Crippen LogP contribution in [0.2, 0.25) is 0 Å². The fraction of sp³-hybridized carbons (Fsp3) is 0.615. The van der Waals surface area contributed by atoms with Gasteiger partial charge in [-0.05, 0) is 50.7 Å². The zero-order chi connectivity index (χ0) is 12.3. The number of nitrogens with one attached hydrogen (secondary N) is 1. The molecule has 1 aromatic rings. The topological polar surface area (TPSA) is 42.2 Å². The van der Waals surface area contributed by atoms with Gasteiger partial charge in [-0.3, -0.25) is 4.79 Å². The molecule has 0 aliphatic heterocycles. The lowest BCUT2D eigenvalue weighted by Gasteiger charge is -2.25. The van der Waals surface area contributed by atoms with Gasteiger partial charge in [0.05, 0.1) is 0 Å². The molecule has 1 aliphatic carbocycles. The van der Waals surface area contributed by atoms with Crippen LogP contribution in [-0.4, -0.2) is 17.3 Å². The summed E-state index contributed by atoms with van der Waals surface area (Å²) in [5.74, 6) is 1.70. The van der Waals surface area contributed by atoms with Gasteiger partial charge in [0.25, 0.3) is 5.91 Å². The van der Waals surface area contributed by atoms with E-state index >= 15 is 0 Å². The highest BCUT2D eigenvalue weighted by Crippen LogP contribution is 2.28. The molecule has 3 nitrogen and oxygen atoms in total. The first-order chi connectivity index (χ1) is 8.15. The van der Waals surface area contributed by atoms with Crippen molar-refractivity contribution in [1.82, 2.24) is 5.32 Å².